The molecule has 2 heterocycles. The van der Waals surface area contributed by atoms with E-state index in [0.29, 0.717) is 26.8 Å². The number of thiophene rings is 1. The molecule has 142 valence electrons. The van der Waals surface area contributed by atoms with Crippen LogP contribution in [-0.2, 0) is 6.54 Å². The number of halogens is 1. The summed E-state index contributed by atoms with van der Waals surface area (Å²) in [6, 6.07) is 10.3. The van der Waals surface area contributed by atoms with Gasteiger partial charge in [0.25, 0.3) is 5.56 Å². The largest absolute Gasteiger partial charge is 0.496 e. The molecule has 0 saturated carbocycles. The number of hydrogen-bond donors (Lipinski definition) is 3. The van der Waals surface area contributed by atoms with Crippen LogP contribution in [0.1, 0.15) is 5.56 Å². The number of benzene rings is 2. The molecule has 0 saturated heterocycles. The Morgan fingerprint density at radius 3 is 2.71 bits per heavy atom. The lowest BCUT2D eigenvalue weighted by Crippen LogP contribution is -2.19. The van der Waals surface area contributed by atoms with Crippen molar-refractivity contribution in [1.29, 1.82) is 0 Å². The molecule has 0 radical (unpaired) electrons. The average molecular weight is 398 g/mol. The number of aromatic nitrogens is 1. The van der Waals surface area contributed by atoms with Crippen molar-refractivity contribution >= 4 is 38.4 Å². The molecule has 28 heavy (non-hydrogen) atoms. The Hall–Kier alpha value is -3.39. The van der Waals surface area contributed by atoms with Gasteiger partial charge in [-0.1, -0.05) is 24.3 Å². The molecule has 0 atom stereocenters. The molecule has 4 rings (SSSR count). The molecule has 0 aliphatic rings. The highest BCUT2D eigenvalue weighted by atomic mass is 32.1. The van der Waals surface area contributed by atoms with Crippen LogP contribution in [-0.4, -0.2) is 23.3 Å². The average Bonchev–Trinajstić information content (AvgIpc) is 3.18. The molecular formula is C20H15FN2O4S. The summed E-state index contributed by atoms with van der Waals surface area (Å²) >= 11 is 1.29. The number of pyridine rings is 1. The Kier molecular flexibility index (Phi) is 4.48. The monoisotopic (exact) mass is 398 g/mol. The third-order valence-electron chi connectivity index (χ3n) is 4.53. The van der Waals surface area contributed by atoms with Gasteiger partial charge in [-0.15, -0.1) is 11.3 Å². The third kappa shape index (κ3) is 2.97. The number of ether oxygens (including phenoxy) is 1. The van der Waals surface area contributed by atoms with Crippen LogP contribution in [0.15, 0.2) is 46.6 Å². The van der Waals surface area contributed by atoms with E-state index in [-0.39, 0.29) is 17.6 Å². The van der Waals surface area contributed by atoms with E-state index < -0.39 is 11.9 Å². The Balaban J connectivity index is 1.97. The Morgan fingerprint density at radius 1 is 1.29 bits per heavy atom. The summed E-state index contributed by atoms with van der Waals surface area (Å²) in [5.41, 5.74) is 2.01. The molecule has 1 amide bonds. The van der Waals surface area contributed by atoms with Gasteiger partial charge in [-0.05, 0) is 22.6 Å². The third-order valence-corrected chi connectivity index (χ3v) is 5.44. The maximum Gasteiger partial charge on any atom is 0.404 e. The molecule has 4 aromatic rings. The second-order valence-corrected chi connectivity index (χ2v) is 7.07. The first-order chi connectivity index (χ1) is 13.5. The fourth-order valence-corrected chi connectivity index (χ4v) is 4.08. The quantitative estimate of drug-likeness (QED) is 0.477. The zero-order valence-corrected chi connectivity index (χ0v) is 15.5. The van der Waals surface area contributed by atoms with Crippen molar-refractivity contribution in [2.45, 2.75) is 6.54 Å². The highest BCUT2D eigenvalue weighted by Crippen LogP contribution is 2.41. The summed E-state index contributed by atoms with van der Waals surface area (Å²) in [6.07, 6.45) is -1.10. The van der Waals surface area contributed by atoms with Gasteiger partial charge in [-0.25, -0.2) is 9.18 Å². The predicted octanol–water partition coefficient (Wildman–Crippen LogP) is 4.33. The molecule has 6 nitrogen and oxygen atoms in total. The minimum atomic E-state index is -1.10. The van der Waals surface area contributed by atoms with E-state index in [4.69, 9.17) is 9.84 Å². The van der Waals surface area contributed by atoms with Gasteiger partial charge in [-0.2, -0.15) is 0 Å². The van der Waals surface area contributed by atoms with Gasteiger partial charge in [0.2, 0.25) is 0 Å². The van der Waals surface area contributed by atoms with Crippen molar-refractivity contribution in [2.75, 3.05) is 7.11 Å². The smallest absolute Gasteiger partial charge is 0.404 e. The van der Waals surface area contributed by atoms with Crippen molar-refractivity contribution in [2.24, 2.45) is 0 Å². The van der Waals surface area contributed by atoms with Crippen molar-refractivity contribution in [3.8, 4) is 16.9 Å². The second-order valence-electron chi connectivity index (χ2n) is 6.16. The Bertz CT molecular complexity index is 1260. The number of carbonyl (C=O) groups is 1. The van der Waals surface area contributed by atoms with Crippen LogP contribution in [0.4, 0.5) is 9.18 Å². The van der Waals surface area contributed by atoms with Crippen LogP contribution >= 0.6 is 11.3 Å². The van der Waals surface area contributed by atoms with Crippen LogP contribution < -0.4 is 15.6 Å². The van der Waals surface area contributed by atoms with E-state index in [1.54, 1.807) is 23.6 Å². The van der Waals surface area contributed by atoms with E-state index >= 15 is 0 Å². The first kappa shape index (κ1) is 18.0. The van der Waals surface area contributed by atoms with Gasteiger partial charge < -0.3 is 20.1 Å². The van der Waals surface area contributed by atoms with Gasteiger partial charge in [-0.3, -0.25) is 4.79 Å². The summed E-state index contributed by atoms with van der Waals surface area (Å²) in [7, 11) is 1.46. The number of rotatable bonds is 4. The van der Waals surface area contributed by atoms with Gasteiger partial charge >= 0.3 is 6.09 Å². The van der Waals surface area contributed by atoms with E-state index in [0.717, 1.165) is 11.1 Å². The Labute approximate surface area is 162 Å². The number of nitrogens with one attached hydrogen (secondary N) is 2. The molecule has 0 spiro atoms. The lowest BCUT2D eigenvalue weighted by Gasteiger charge is -2.14. The maximum absolute atomic E-state index is 14.7. The SMILES string of the molecule is COc1cc(F)c2[nH]c(=O)c3sccc3c2c1-c1ccc(CNC(=O)O)cc1. The van der Waals surface area contributed by atoms with Gasteiger partial charge in [0, 0.05) is 28.9 Å². The highest BCUT2D eigenvalue weighted by molar-refractivity contribution is 7.17. The van der Waals surface area contributed by atoms with Crippen LogP contribution in [0.3, 0.4) is 0 Å². The molecule has 0 aliphatic heterocycles. The van der Waals surface area contributed by atoms with Gasteiger partial charge in [0.05, 0.1) is 12.6 Å². The van der Waals surface area contributed by atoms with Crippen LogP contribution in [0.5, 0.6) is 5.75 Å². The molecule has 2 aromatic carbocycles. The van der Waals surface area contributed by atoms with Gasteiger partial charge in [0.15, 0.2) is 5.82 Å². The minimum Gasteiger partial charge on any atom is -0.496 e. The summed E-state index contributed by atoms with van der Waals surface area (Å²) < 4.78 is 20.6. The number of H-pyrrole nitrogens is 1. The molecule has 8 heteroatoms. The molecule has 0 bridgehead atoms. The molecule has 2 aromatic heterocycles. The second kappa shape index (κ2) is 6.97. The van der Waals surface area contributed by atoms with E-state index in [2.05, 4.69) is 10.3 Å². The number of hydrogen-bond acceptors (Lipinski definition) is 4. The van der Waals surface area contributed by atoms with Crippen molar-refractivity contribution in [3.05, 3.63) is 63.5 Å². The van der Waals surface area contributed by atoms with E-state index in [9.17, 15) is 14.0 Å². The van der Waals surface area contributed by atoms with Gasteiger partial charge in [0.1, 0.15) is 10.4 Å². The molecule has 0 fully saturated rings. The zero-order valence-electron chi connectivity index (χ0n) is 14.7. The predicted molar refractivity (Wildman–Crippen MR) is 107 cm³/mol. The number of amides is 1. The molecular weight excluding hydrogens is 383 g/mol. The van der Waals surface area contributed by atoms with Crippen LogP contribution in [0.2, 0.25) is 0 Å². The minimum absolute atomic E-state index is 0.128. The lowest BCUT2D eigenvalue weighted by atomic mass is 9.96. The standard InChI is InChI=1S/C20H15FN2O4S/c1-27-14-8-13(21)17-16(12-6-7-28-18(12)19(24)23-17)15(14)11-4-2-10(3-5-11)9-22-20(25)26/h2-8,22H,9H2,1H3,(H,23,24)(H,25,26). The summed E-state index contributed by atoms with van der Waals surface area (Å²) in [5.74, 6) is -0.218. The fourth-order valence-electron chi connectivity index (χ4n) is 3.29. The first-order valence-electron chi connectivity index (χ1n) is 8.35. The zero-order chi connectivity index (χ0) is 19.8. The first-order valence-corrected chi connectivity index (χ1v) is 9.23. The normalized spacial score (nSPS) is 11.1. The summed E-state index contributed by atoms with van der Waals surface area (Å²) in [5, 5.41) is 14.1. The van der Waals surface area contributed by atoms with E-state index in [1.807, 2.05) is 12.1 Å². The maximum atomic E-state index is 14.7. The lowest BCUT2D eigenvalue weighted by molar-refractivity contribution is 0.194. The topological polar surface area (TPSA) is 91.4 Å². The Morgan fingerprint density at radius 2 is 2.04 bits per heavy atom. The molecule has 3 N–H and O–H groups in total. The van der Waals surface area contributed by atoms with Crippen molar-refractivity contribution in [3.63, 3.8) is 0 Å². The molecule has 0 unspecified atom stereocenters. The van der Waals surface area contributed by atoms with Crippen LogP contribution in [0.25, 0.3) is 32.1 Å². The van der Waals surface area contributed by atoms with Crippen molar-refractivity contribution < 1.29 is 19.0 Å². The van der Waals surface area contributed by atoms with Crippen molar-refractivity contribution in [1.82, 2.24) is 10.3 Å². The number of methoxy groups -OCH3 is 1. The van der Waals surface area contributed by atoms with E-state index in [1.165, 1.54) is 24.5 Å². The summed E-state index contributed by atoms with van der Waals surface area (Å²) in [4.78, 5) is 25.6. The number of carboxylic acid groups (broad SMARTS) is 1. The van der Waals surface area contributed by atoms with Crippen LogP contribution in [0, 0.1) is 5.82 Å². The summed E-state index contributed by atoms with van der Waals surface area (Å²) in [6.45, 7) is 0.180. The molecule has 0 aliphatic carbocycles. The highest BCUT2D eigenvalue weighted by Gasteiger charge is 2.19. The fraction of sp³-hybridized carbons (Fsp3) is 0.100. The number of fused-ring (bicyclic) bond motifs is 3. The number of aromatic amines is 1.